The van der Waals surface area contributed by atoms with Crippen LogP contribution >= 0.6 is 11.8 Å². The Morgan fingerprint density at radius 3 is 2.94 bits per heavy atom. The number of carboxylic acids is 1. The lowest BCUT2D eigenvalue weighted by Gasteiger charge is -2.27. The predicted molar refractivity (Wildman–Crippen MR) is 71.4 cm³/mol. The molecule has 0 aromatic heterocycles. The molecule has 4 nitrogen and oxygen atoms in total. The topological polar surface area (TPSA) is 60.8 Å². The summed E-state index contributed by atoms with van der Waals surface area (Å²) in [6.07, 6.45) is 0. The van der Waals surface area contributed by atoms with Crippen molar-refractivity contribution in [1.82, 2.24) is 4.90 Å². The number of hydrogen-bond donors (Lipinski definition) is 2. The lowest BCUT2D eigenvalue weighted by molar-refractivity contribution is -0.142. The van der Waals surface area contributed by atoms with Crippen molar-refractivity contribution in [3.63, 3.8) is 0 Å². The second kappa shape index (κ2) is 5.73. The third kappa shape index (κ3) is 2.53. The second-order valence-electron chi connectivity index (χ2n) is 4.33. The van der Waals surface area contributed by atoms with Crippen molar-refractivity contribution in [2.75, 3.05) is 12.4 Å². The van der Waals surface area contributed by atoms with Crippen LogP contribution in [0.2, 0.25) is 0 Å². The number of aliphatic carboxylic acids is 1. The number of aliphatic hydroxyl groups excluding tert-OH is 1. The van der Waals surface area contributed by atoms with Crippen molar-refractivity contribution in [3.05, 3.63) is 35.4 Å². The van der Waals surface area contributed by atoms with Crippen molar-refractivity contribution in [2.24, 2.45) is 0 Å². The lowest BCUT2D eigenvalue weighted by atomic mass is 10.1. The van der Waals surface area contributed by atoms with Crippen LogP contribution in [-0.2, 0) is 11.3 Å². The summed E-state index contributed by atoms with van der Waals surface area (Å²) < 4.78 is 0. The van der Waals surface area contributed by atoms with Gasteiger partial charge in [0.1, 0.15) is 6.04 Å². The van der Waals surface area contributed by atoms with Gasteiger partial charge in [0, 0.05) is 12.3 Å². The number of aliphatic hydroxyl groups is 1. The Kier molecular flexibility index (Phi) is 4.27. The fourth-order valence-corrected chi connectivity index (χ4v) is 3.40. The molecule has 1 aliphatic rings. The van der Waals surface area contributed by atoms with Crippen molar-refractivity contribution < 1.29 is 15.0 Å². The first kappa shape index (κ1) is 13.4. The molecule has 5 heteroatoms. The van der Waals surface area contributed by atoms with Crippen LogP contribution < -0.4 is 0 Å². The zero-order chi connectivity index (χ0) is 13.1. The molecule has 1 aromatic rings. The van der Waals surface area contributed by atoms with E-state index in [1.807, 2.05) is 29.2 Å². The Labute approximate surface area is 111 Å². The Balaban J connectivity index is 2.24. The zero-order valence-corrected chi connectivity index (χ0v) is 11.1. The highest BCUT2D eigenvalue weighted by Gasteiger charge is 2.35. The van der Waals surface area contributed by atoms with Crippen molar-refractivity contribution >= 4 is 17.7 Å². The zero-order valence-electron chi connectivity index (χ0n) is 10.2. The van der Waals surface area contributed by atoms with E-state index in [1.54, 1.807) is 18.7 Å². The summed E-state index contributed by atoms with van der Waals surface area (Å²) in [5, 5.41) is 18.1. The van der Waals surface area contributed by atoms with Gasteiger partial charge in [0.25, 0.3) is 0 Å². The third-order valence-electron chi connectivity index (χ3n) is 3.20. The maximum absolute atomic E-state index is 11.2. The molecule has 0 spiro atoms. The molecule has 0 fully saturated rings. The molecule has 0 saturated heterocycles. The van der Waals surface area contributed by atoms with Crippen LogP contribution in [0.5, 0.6) is 0 Å². The van der Waals surface area contributed by atoms with Gasteiger partial charge in [0.05, 0.1) is 12.0 Å². The fraction of sp³-hybridized carbons (Fsp3) is 0.462. The SMILES string of the molecule is CC(C(=O)O)N1Cc2ccccc2C1SCCO. The number of fused-ring (bicyclic) bond motifs is 1. The first-order chi connectivity index (χ1) is 8.65. The molecule has 1 aromatic carbocycles. The second-order valence-corrected chi connectivity index (χ2v) is 5.52. The molecule has 2 rings (SSSR count). The highest BCUT2D eigenvalue weighted by molar-refractivity contribution is 7.99. The number of nitrogens with zero attached hydrogens (tertiary/aromatic N) is 1. The Morgan fingerprint density at radius 2 is 2.28 bits per heavy atom. The van der Waals surface area contributed by atoms with E-state index >= 15 is 0 Å². The van der Waals surface area contributed by atoms with Crippen LogP contribution in [0.25, 0.3) is 0 Å². The van der Waals surface area contributed by atoms with Gasteiger partial charge >= 0.3 is 5.97 Å². The summed E-state index contributed by atoms with van der Waals surface area (Å²) >= 11 is 1.59. The molecule has 2 unspecified atom stereocenters. The monoisotopic (exact) mass is 267 g/mol. The summed E-state index contributed by atoms with van der Waals surface area (Å²) in [5.41, 5.74) is 2.35. The van der Waals surface area contributed by atoms with E-state index in [4.69, 9.17) is 10.2 Å². The maximum Gasteiger partial charge on any atom is 0.320 e. The smallest absolute Gasteiger partial charge is 0.320 e. The van der Waals surface area contributed by atoms with Crippen LogP contribution in [0.4, 0.5) is 0 Å². The van der Waals surface area contributed by atoms with Gasteiger partial charge in [-0.25, -0.2) is 0 Å². The molecule has 0 bridgehead atoms. The molecule has 0 radical (unpaired) electrons. The van der Waals surface area contributed by atoms with Crippen LogP contribution in [0.15, 0.2) is 24.3 Å². The number of carboxylic acid groups (broad SMARTS) is 1. The van der Waals surface area contributed by atoms with Crippen LogP contribution in [0.1, 0.15) is 23.4 Å². The predicted octanol–water partition coefficient (Wildman–Crippen LogP) is 1.70. The number of thioether (sulfide) groups is 1. The van der Waals surface area contributed by atoms with E-state index in [9.17, 15) is 4.79 Å². The van der Waals surface area contributed by atoms with Gasteiger partial charge < -0.3 is 10.2 Å². The number of carbonyl (C=O) groups is 1. The standard InChI is InChI=1S/C13H17NO3S/c1-9(13(16)17)14-8-10-4-2-3-5-11(10)12(14)18-7-6-15/h2-5,9,12,15H,6-8H2,1H3,(H,16,17). The minimum atomic E-state index is -0.808. The van der Waals surface area contributed by atoms with Gasteiger partial charge in [-0.15, -0.1) is 11.8 Å². The molecule has 0 aliphatic carbocycles. The molecule has 98 valence electrons. The number of benzene rings is 1. The summed E-state index contributed by atoms with van der Waals surface area (Å²) in [5.74, 6) is -0.195. The Morgan fingerprint density at radius 1 is 1.56 bits per heavy atom. The average molecular weight is 267 g/mol. The van der Waals surface area contributed by atoms with Gasteiger partial charge in [-0.05, 0) is 18.1 Å². The van der Waals surface area contributed by atoms with Gasteiger partial charge in [-0.3, -0.25) is 9.69 Å². The van der Waals surface area contributed by atoms with Crippen molar-refractivity contribution in [2.45, 2.75) is 24.9 Å². The summed E-state index contributed by atoms with van der Waals surface area (Å²) in [6, 6.07) is 7.51. The van der Waals surface area contributed by atoms with Gasteiger partial charge in [-0.2, -0.15) is 0 Å². The average Bonchev–Trinajstić information content (AvgIpc) is 2.73. The quantitative estimate of drug-likeness (QED) is 0.850. The molecule has 1 aliphatic heterocycles. The molecular weight excluding hydrogens is 250 g/mol. The third-order valence-corrected chi connectivity index (χ3v) is 4.46. The van der Waals surface area contributed by atoms with Crippen LogP contribution in [0.3, 0.4) is 0 Å². The molecule has 1 heterocycles. The van der Waals surface area contributed by atoms with E-state index in [2.05, 4.69) is 0 Å². The van der Waals surface area contributed by atoms with Crippen molar-refractivity contribution in [1.29, 1.82) is 0 Å². The van der Waals surface area contributed by atoms with Gasteiger partial charge in [0.15, 0.2) is 0 Å². The van der Waals surface area contributed by atoms with Crippen molar-refractivity contribution in [3.8, 4) is 0 Å². The van der Waals surface area contributed by atoms with E-state index < -0.39 is 12.0 Å². The lowest BCUT2D eigenvalue weighted by Crippen LogP contribution is -2.36. The Hall–Kier alpha value is -1.04. The summed E-state index contributed by atoms with van der Waals surface area (Å²) in [7, 11) is 0. The molecule has 2 atom stereocenters. The Bertz CT molecular complexity index is 438. The van der Waals surface area contributed by atoms with Gasteiger partial charge in [0.2, 0.25) is 0 Å². The largest absolute Gasteiger partial charge is 0.480 e. The molecule has 18 heavy (non-hydrogen) atoms. The first-order valence-electron chi connectivity index (χ1n) is 5.94. The fourth-order valence-electron chi connectivity index (χ4n) is 2.21. The minimum Gasteiger partial charge on any atom is -0.480 e. The highest BCUT2D eigenvalue weighted by atomic mass is 32.2. The first-order valence-corrected chi connectivity index (χ1v) is 6.99. The summed E-state index contributed by atoms with van der Waals surface area (Å²) in [6.45, 7) is 2.48. The normalized spacial score (nSPS) is 20.7. The molecule has 2 N–H and O–H groups in total. The summed E-state index contributed by atoms with van der Waals surface area (Å²) in [4.78, 5) is 13.1. The maximum atomic E-state index is 11.2. The van der Waals surface area contributed by atoms with E-state index in [1.165, 1.54) is 11.1 Å². The number of rotatable bonds is 5. The number of hydrogen-bond acceptors (Lipinski definition) is 4. The minimum absolute atomic E-state index is 0.0273. The molecular formula is C13H17NO3S. The van der Waals surface area contributed by atoms with E-state index in [0.717, 1.165) is 0 Å². The van der Waals surface area contributed by atoms with E-state index in [-0.39, 0.29) is 12.0 Å². The molecule has 0 saturated carbocycles. The van der Waals surface area contributed by atoms with Crippen LogP contribution in [0, 0.1) is 0 Å². The highest BCUT2D eigenvalue weighted by Crippen LogP contribution is 2.42. The van der Waals surface area contributed by atoms with Gasteiger partial charge in [-0.1, -0.05) is 24.3 Å². The van der Waals surface area contributed by atoms with Crippen LogP contribution in [-0.4, -0.2) is 39.5 Å². The molecule has 0 amide bonds. The van der Waals surface area contributed by atoms with E-state index in [0.29, 0.717) is 12.3 Å².